The van der Waals surface area contributed by atoms with Crippen molar-refractivity contribution < 1.29 is 13.2 Å². The Morgan fingerprint density at radius 1 is 1.53 bits per heavy atom. The first-order valence-electron chi connectivity index (χ1n) is 5.20. The molecule has 1 heterocycles. The van der Waals surface area contributed by atoms with Crippen LogP contribution in [0.3, 0.4) is 0 Å². The number of carbonyl (C=O) groups is 1. The Morgan fingerprint density at radius 2 is 2.18 bits per heavy atom. The van der Waals surface area contributed by atoms with E-state index in [9.17, 15) is 13.2 Å². The smallest absolute Gasteiger partial charge is 0.240 e. The molecule has 17 heavy (non-hydrogen) atoms. The highest BCUT2D eigenvalue weighted by Crippen LogP contribution is 2.14. The van der Waals surface area contributed by atoms with Crippen molar-refractivity contribution in [2.45, 2.75) is 25.0 Å². The fourth-order valence-electron chi connectivity index (χ4n) is 1.11. The highest BCUT2D eigenvalue weighted by molar-refractivity contribution is 7.92. The van der Waals surface area contributed by atoms with Crippen LogP contribution < -0.4 is 5.32 Å². The van der Waals surface area contributed by atoms with E-state index in [-0.39, 0.29) is 0 Å². The molecule has 96 valence electrons. The number of amides is 1. The lowest BCUT2D eigenvalue weighted by molar-refractivity contribution is -0.122. The van der Waals surface area contributed by atoms with Crippen molar-refractivity contribution in [1.82, 2.24) is 15.3 Å². The molecule has 0 radical (unpaired) electrons. The molecular weight excluding hydrogens is 242 g/mol. The van der Waals surface area contributed by atoms with E-state index in [1.165, 1.54) is 13.8 Å². The number of hydrogen-bond donors (Lipinski definition) is 2. The molecule has 1 aromatic heterocycles. The summed E-state index contributed by atoms with van der Waals surface area (Å²) in [5, 5.41) is 2.60. The zero-order valence-electron chi connectivity index (χ0n) is 10.1. The number of nitrogens with zero attached hydrogens (tertiary/aromatic N) is 1. The van der Waals surface area contributed by atoms with Gasteiger partial charge in [-0.05, 0) is 13.8 Å². The summed E-state index contributed by atoms with van der Waals surface area (Å²) in [5.41, 5.74) is 0.891. The number of sulfone groups is 1. The molecular formula is C10H17N3O3S. The lowest BCUT2D eigenvalue weighted by Crippen LogP contribution is -2.48. The first-order valence-corrected chi connectivity index (χ1v) is 7.09. The third kappa shape index (κ3) is 3.29. The first-order chi connectivity index (χ1) is 7.75. The van der Waals surface area contributed by atoms with Crippen LogP contribution in [-0.4, -0.2) is 41.8 Å². The molecule has 7 heteroatoms. The molecule has 1 amide bonds. The van der Waals surface area contributed by atoms with Crippen molar-refractivity contribution >= 4 is 15.7 Å². The van der Waals surface area contributed by atoms with Crippen molar-refractivity contribution in [3.8, 4) is 0 Å². The molecule has 0 fully saturated rings. The number of aromatic amines is 1. The SMILES string of the molecule is CC(C)(C(=O)NCCc1cnc[nH]1)S(C)(=O)=O. The van der Waals surface area contributed by atoms with Gasteiger partial charge in [0.2, 0.25) is 5.91 Å². The van der Waals surface area contributed by atoms with Gasteiger partial charge in [-0.25, -0.2) is 13.4 Å². The maximum atomic E-state index is 11.7. The van der Waals surface area contributed by atoms with Gasteiger partial charge >= 0.3 is 0 Å². The molecule has 2 N–H and O–H groups in total. The van der Waals surface area contributed by atoms with E-state index in [1.54, 1.807) is 12.5 Å². The summed E-state index contributed by atoms with van der Waals surface area (Å²) in [6.07, 6.45) is 4.86. The normalized spacial score (nSPS) is 12.4. The summed E-state index contributed by atoms with van der Waals surface area (Å²) in [6, 6.07) is 0. The standard InChI is InChI=1S/C10H17N3O3S/c1-10(2,17(3,15)16)9(14)12-5-4-8-6-11-7-13-8/h6-7H,4-5H2,1-3H3,(H,11,13)(H,12,14). The van der Waals surface area contributed by atoms with Gasteiger partial charge in [0.1, 0.15) is 4.75 Å². The predicted molar refractivity (Wildman–Crippen MR) is 64.2 cm³/mol. The molecule has 0 spiro atoms. The minimum absolute atomic E-state index is 0.375. The average Bonchev–Trinajstić information content (AvgIpc) is 2.68. The van der Waals surface area contributed by atoms with Gasteiger partial charge in [0, 0.05) is 31.1 Å². The van der Waals surface area contributed by atoms with E-state index >= 15 is 0 Å². The van der Waals surface area contributed by atoms with Crippen LogP contribution in [0.25, 0.3) is 0 Å². The fourth-order valence-corrected chi connectivity index (χ4v) is 1.52. The van der Waals surface area contributed by atoms with E-state index in [2.05, 4.69) is 15.3 Å². The quantitative estimate of drug-likeness (QED) is 0.772. The Labute approximate surface area is 101 Å². The molecule has 0 saturated heterocycles. The molecule has 0 unspecified atom stereocenters. The number of H-pyrrole nitrogens is 1. The Morgan fingerprint density at radius 3 is 2.65 bits per heavy atom. The molecule has 0 aliphatic heterocycles. The number of hydrogen-bond acceptors (Lipinski definition) is 4. The fraction of sp³-hybridized carbons (Fsp3) is 0.600. The maximum absolute atomic E-state index is 11.7. The van der Waals surface area contributed by atoms with Crippen LogP contribution in [0.15, 0.2) is 12.5 Å². The van der Waals surface area contributed by atoms with E-state index in [1.807, 2.05) is 0 Å². The highest BCUT2D eigenvalue weighted by atomic mass is 32.2. The summed E-state index contributed by atoms with van der Waals surface area (Å²) >= 11 is 0. The van der Waals surface area contributed by atoms with Gasteiger partial charge in [0.05, 0.1) is 6.33 Å². The monoisotopic (exact) mass is 259 g/mol. The van der Waals surface area contributed by atoms with Crippen molar-refractivity contribution in [2.75, 3.05) is 12.8 Å². The molecule has 0 atom stereocenters. The number of imidazole rings is 1. The molecule has 6 nitrogen and oxygen atoms in total. The van der Waals surface area contributed by atoms with E-state index in [0.29, 0.717) is 13.0 Å². The van der Waals surface area contributed by atoms with Crippen LogP contribution >= 0.6 is 0 Å². The van der Waals surface area contributed by atoms with Gasteiger partial charge in [0.15, 0.2) is 9.84 Å². The molecule has 0 aliphatic rings. The Hall–Kier alpha value is -1.37. The van der Waals surface area contributed by atoms with Crippen LogP contribution in [0.4, 0.5) is 0 Å². The van der Waals surface area contributed by atoms with Crippen LogP contribution in [0.5, 0.6) is 0 Å². The van der Waals surface area contributed by atoms with Crippen molar-refractivity contribution in [3.63, 3.8) is 0 Å². The first kappa shape index (κ1) is 13.7. The van der Waals surface area contributed by atoms with Crippen LogP contribution in [0.1, 0.15) is 19.5 Å². The second-order valence-electron chi connectivity index (χ2n) is 4.37. The maximum Gasteiger partial charge on any atom is 0.240 e. The lowest BCUT2D eigenvalue weighted by Gasteiger charge is -2.21. The lowest BCUT2D eigenvalue weighted by atomic mass is 10.2. The van der Waals surface area contributed by atoms with Gasteiger partial charge in [-0.1, -0.05) is 0 Å². The third-order valence-electron chi connectivity index (χ3n) is 2.71. The number of carbonyl (C=O) groups excluding carboxylic acids is 1. The van der Waals surface area contributed by atoms with Crippen molar-refractivity contribution in [2.24, 2.45) is 0 Å². The zero-order chi connectivity index (χ0) is 13.1. The van der Waals surface area contributed by atoms with Crippen LogP contribution in [0.2, 0.25) is 0 Å². The largest absolute Gasteiger partial charge is 0.354 e. The molecule has 1 rings (SSSR count). The van der Waals surface area contributed by atoms with E-state index in [4.69, 9.17) is 0 Å². The minimum atomic E-state index is -3.42. The predicted octanol–water partition coefficient (Wildman–Crippen LogP) is -0.108. The molecule has 0 saturated carbocycles. The molecule has 1 aromatic rings. The van der Waals surface area contributed by atoms with Crippen molar-refractivity contribution in [1.29, 1.82) is 0 Å². The van der Waals surface area contributed by atoms with Gasteiger partial charge in [-0.3, -0.25) is 4.79 Å². The molecule has 0 aliphatic carbocycles. The van der Waals surface area contributed by atoms with Gasteiger partial charge < -0.3 is 10.3 Å². The van der Waals surface area contributed by atoms with Gasteiger partial charge in [-0.2, -0.15) is 0 Å². The molecule has 0 aromatic carbocycles. The highest BCUT2D eigenvalue weighted by Gasteiger charge is 2.38. The number of aromatic nitrogens is 2. The average molecular weight is 259 g/mol. The van der Waals surface area contributed by atoms with Crippen LogP contribution in [0, 0.1) is 0 Å². The van der Waals surface area contributed by atoms with Gasteiger partial charge in [-0.15, -0.1) is 0 Å². The summed E-state index contributed by atoms with van der Waals surface area (Å²) in [5.74, 6) is -0.487. The topological polar surface area (TPSA) is 91.9 Å². The summed E-state index contributed by atoms with van der Waals surface area (Å²) in [6.45, 7) is 3.17. The van der Waals surface area contributed by atoms with Crippen LogP contribution in [-0.2, 0) is 21.1 Å². The summed E-state index contributed by atoms with van der Waals surface area (Å²) in [7, 11) is -3.42. The zero-order valence-corrected chi connectivity index (χ0v) is 11.0. The second kappa shape index (κ2) is 4.87. The van der Waals surface area contributed by atoms with E-state index in [0.717, 1.165) is 11.9 Å². The Balaban J connectivity index is 2.50. The minimum Gasteiger partial charge on any atom is -0.354 e. The summed E-state index contributed by atoms with van der Waals surface area (Å²) < 4.78 is 21.4. The Kier molecular flexibility index (Phi) is 3.92. The number of nitrogens with one attached hydrogen (secondary N) is 2. The second-order valence-corrected chi connectivity index (χ2v) is 6.93. The van der Waals surface area contributed by atoms with Gasteiger partial charge in [0.25, 0.3) is 0 Å². The summed E-state index contributed by atoms with van der Waals surface area (Å²) in [4.78, 5) is 18.5. The number of rotatable bonds is 5. The third-order valence-corrected chi connectivity index (χ3v) is 4.75. The molecule has 0 bridgehead atoms. The Bertz CT molecular complexity index is 477. The van der Waals surface area contributed by atoms with Crippen molar-refractivity contribution in [3.05, 3.63) is 18.2 Å². The van der Waals surface area contributed by atoms with E-state index < -0.39 is 20.5 Å².